The number of aryl methyl sites for hydroxylation is 1. The molecule has 4 rings (SSSR count). The SMILES string of the molecule is CCSc1nnc(NC(=O)CCc2csc3nc(-c4ccccc4F)cn23)s1. The molecule has 1 aromatic carbocycles. The van der Waals surface area contributed by atoms with Gasteiger partial charge in [-0.15, -0.1) is 21.5 Å². The molecule has 6 nitrogen and oxygen atoms in total. The van der Waals surface area contributed by atoms with Crippen LogP contribution in [0.5, 0.6) is 0 Å². The minimum Gasteiger partial charge on any atom is -0.300 e. The van der Waals surface area contributed by atoms with Gasteiger partial charge in [0, 0.05) is 29.3 Å². The van der Waals surface area contributed by atoms with Gasteiger partial charge >= 0.3 is 0 Å². The van der Waals surface area contributed by atoms with E-state index in [1.54, 1.807) is 30.0 Å². The number of nitrogens with one attached hydrogen (secondary N) is 1. The number of fused-ring (bicyclic) bond motifs is 1. The molecule has 28 heavy (non-hydrogen) atoms. The van der Waals surface area contributed by atoms with E-state index in [9.17, 15) is 9.18 Å². The lowest BCUT2D eigenvalue weighted by molar-refractivity contribution is -0.116. The van der Waals surface area contributed by atoms with Crippen molar-refractivity contribution in [2.24, 2.45) is 0 Å². The van der Waals surface area contributed by atoms with Crippen molar-refractivity contribution in [1.82, 2.24) is 19.6 Å². The van der Waals surface area contributed by atoms with Crippen LogP contribution < -0.4 is 5.32 Å². The molecule has 3 aromatic heterocycles. The summed E-state index contributed by atoms with van der Waals surface area (Å²) >= 11 is 4.44. The standard InChI is InChI=1S/C18H16FN5OS3/c1-2-26-18-23-22-16(28-18)21-15(25)8-7-11-10-27-17-20-14(9-24(11)17)12-5-3-4-6-13(12)19/h3-6,9-10H,2,7-8H2,1H3,(H,21,22,25). The first-order valence-electron chi connectivity index (χ1n) is 8.60. The van der Waals surface area contributed by atoms with Crippen LogP contribution in [0.15, 0.2) is 40.2 Å². The topological polar surface area (TPSA) is 72.2 Å². The number of benzene rings is 1. The molecule has 144 valence electrons. The molecule has 0 atom stereocenters. The number of thioether (sulfide) groups is 1. The second-order valence-corrected chi connectivity index (χ2v) is 9.17. The summed E-state index contributed by atoms with van der Waals surface area (Å²) in [6.07, 6.45) is 2.68. The second-order valence-electron chi connectivity index (χ2n) is 5.84. The van der Waals surface area contributed by atoms with Crippen LogP contribution in [0.1, 0.15) is 19.0 Å². The molecule has 0 radical (unpaired) electrons. The molecule has 0 spiro atoms. The Bertz CT molecular complexity index is 1120. The number of aromatic nitrogens is 4. The largest absolute Gasteiger partial charge is 0.300 e. The zero-order chi connectivity index (χ0) is 19.5. The fourth-order valence-electron chi connectivity index (χ4n) is 2.67. The Kier molecular flexibility index (Phi) is 5.69. The molecule has 0 fully saturated rings. The van der Waals surface area contributed by atoms with E-state index in [0.717, 1.165) is 20.7 Å². The number of rotatable bonds is 7. The number of carbonyl (C=O) groups excluding carboxylic acids is 1. The van der Waals surface area contributed by atoms with Crippen molar-refractivity contribution in [2.75, 3.05) is 11.1 Å². The van der Waals surface area contributed by atoms with Crippen LogP contribution >= 0.6 is 34.4 Å². The van der Waals surface area contributed by atoms with Gasteiger partial charge in [0.2, 0.25) is 11.0 Å². The molecule has 3 heterocycles. The Labute approximate surface area is 172 Å². The maximum absolute atomic E-state index is 14.0. The third kappa shape index (κ3) is 4.08. The number of hydrogen-bond donors (Lipinski definition) is 1. The van der Waals surface area contributed by atoms with Gasteiger partial charge < -0.3 is 5.32 Å². The zero-order valence-electron chi connectivity index (χ0n) is 14.9. The molecule has 1 N–H and O–H groups in total. The molecule has 0 aliphatic heterocycles. The molecule has 4 aromatic rings. The summed E-state index contributed by atoms with van der Waals surface area (Å²) in [6.45, 7) is 2.04. The molecule has 0 bridgehead atoms. The quantitative estimate of drug-likeness (QED) is 0.337. The van der Waals surface area contributed by atoms with Crippen molar-refractivity contribution in [1.29, 1.82) is 0 Å². The summed E-state index contributed by atoms with van der Waals surface area (Å²) in [4.78, 5) is 17.5. The molecular weight excluding hydrogens is 417 g/mol. The van der Waals surface area contributed by atoms with Crippen molar-refractivity contribution in [3.63, 3.8) is 0 Å². The summed E-state index contributed by atoms with van der Waals surface area (Å²) in [6, 6.07) is 6.58. The highest BCUT2D eigenvalue weighted by atomic mass is 32.2. The van der Waals surface area contributed by atoms with Gasteiger partial charge in [-0.3, -0.25) is 9.20 Å². The molecule has 0 aliphatic rings. The monoisotopic (exact) mass is 433 g/mol. The van der Waals surface area contributed by atoms with Crippen molar-refractivity contribution >= 4 is 50.4 Å². The van der Waals surface area contributed by atoms with Gasteiger partial charge in [0.05, 0.1) is 5.69 Å². The van der Waals surface area contributed by atoms with Crippen molar-refractivity contribution < 1.29 is 9.18 Å². The first-order valence-corrected chi connectivity index (χ1v) is 11.3. The normalized spacial score (nSPS) is 11.2. The third-order valence-electron chi connectivity index (χ3n) is 3.96. The maximum Gasteiger partial charge on any atom is 0.226 e. The number of thiazole rings is 1. The first-order chi connectivity index (χ1) is 13.6. The zero-order valence-corrected chi connectivity index (χ0v) is 17.3. The molecule has 10 heteroatoms. The number of imidazole rings is 1. The van der Waals surface area contributed by atoms with E-state index < -0.39 is 0 Å². The van der Waals surface area contributed by atoms with Gasteiger partial charge in [-0.1, -0.05) is 42.2 Å². The molecule has 0 aliphatic carbocycles. The number of nitrogens with zero attached hydrogens (tertiary/aromatic N) is 4. The highest BCUT2D eigenvalue weighted by Crippen LogP contribution is 2.27. The van der Waals surface area contributed by atoms with E-state index in [1.165, 1.54) is 28.7 Å². The molecule has 0 saturated carbocycles. The minimum atomic E-state index is -0.299. The van der Waals surface area contributed by atoms with Crippen molar-refractivity contribution in [3.05, 3.63) is 47.4 Å². The van der Waals surface area contributed by atoms with Gasteiger partial charge in [0.1, 0.15) is 5.82 Å². The van der Waals surface area contributed by atoms with Crippen LogP contribution in [0.25, 0.3) is 16.2 Å². The maximum atomic E-state index is 14.0. The van der Waals surface area contributed by atoms with Crippen molar-refractivity contribution in [2.45, 2.75) is 24.1 Å². The van der Waals surface area contributed by atoms with Crippen LogP contribution in [0.3, 0.4) is 0 Å². The Balaban J connectivity index is 1.43. The van der Waals surface area contributed by atoms with Gasteiger partial charge in [-0.05, 0) is 24.3 Å². The molecule has 0 unspecified atom stereocenters. The van der Waals surface area contributed by atoms with Crippen molar-refractivity contribution in [3.8, 4) is 11.3 Å². The number of halogens is 1. The van der Waals surface area contributed by atoms with Gasteiger partial charge in [0.25, 0.3) is 0 Å². The summed E-state index contributed by atoms with van der Waals surface area (Å²) in [5.74, 6) is 0.501. The summed E-state index contributed by atoms with van der Waals surface area (Å²) in [7, 11) is 0. The number of hydrogen-bond acceptors (Lipinski definition) is 7. The predicted octanol–water partition coefficient (Wildman–Crippen LogP) is 4.74. The lowest BCUT2D eigenvalue weighted by atomic mass is 10.1. The smallest absolute Gasteiger partial charge is 0.226 e. The predicted molar refractivity (Wildman–Crippen MR) is 112 cm³/mol. The van der Waals surface area contributed by atoms with E-state index in [-0.39, 0.29) is 11.7 Å². The second kappa shape index (κ2) is 8.38. The van der Waals surface area contributed by atoms with Crippen LogP contribution in [0.2, 0.25) is 0 Å². The van der Waals surface area contributed by atoms with E-state index in [2.05, 4.69) is 20.5 Å². The minimum absolute atomic E-state index is 0.113. The lowest BCUT2D eigenvalue weighted by Crippen LogP contribution is -2.12. The fraction of sp³-hybridized carbons (Fsp3) is 0.222. The summed E-state index contributed by atoms with van der Waals surface area (Å²) in [5, 5.41) is 13.3. The number of anilines is 1. The Hall–Kier alpha value is -2.30. The average Bonchev–Trinajstić information content (AvgIpc) is 3.37. The Morgan fingerprint density at radius 3 is 3.00 bits per heavy atom. The Morgan fingerprint density at radius 1 is 1.32 bits per heavy atom. The highest BCUT2D eigenvalue weighted by molar-refractivity contribution is 8.01. The lowest BCUT2D eigenvalue weighted by Gasteiger charge is -2.01. The van der Waals surface area contributed by atoms with Crippen LogP contribution in [-0.4, -0.2) is 31.2 Å². The van der Waals surface area contributed by atoms with E-state index in [4.69, 9.17) is 0 Å². The third-order valence-corrected chi connectivity index (χ3v) is 6.70. The van der Waals surface area contributed by atoms with E-state index in [1.807, 2.05) is 22.9 Å². The average molecular weight is 434 g/mol. The van der Waals surface area contributed by atoms with Crippen LogP contribution in [0, 0.1) is 5.82 Å². The summed E-state index contributed by atoms with van der Waals surface area (Å²) < 4.78 is 16.8. The van der Waals surface area contributed by atoms with Crippen LogP contribution in [0.4, 0.5) is 9.52 Å². The number of carbonyl (C=O) groups is 1. The fourth-order valence-corrected chi connectivity index (χ4v) is 5.25. The van der Waals surface area contributed by atoms with E-state index >= 15 is 0 Å². The molecule has 1 amide bonds. The van der Waals surface area contributed by atoms with Gasteiger partial charge in [-0.2, -0.15) is 0 Å². The van der Waals surface area contributed by atoms with Gasteiger partial charge in [0.15, 0.2) is 9.30 Å². The Morgan fingerprint density at radius 2 is 2.18 bits per heavy atom. The van der Waals surface area contributed by atoms with Gasteiger partial charge in [-0.25, -0.2) is 9.37 Å². The first kappa shape index (κ1) is 19.0. The molecule has 0 saturated heterocycles. The van der Waals surface area contributed by atoms with E-state index in [0.29, 0.717) is 29.2 Å². The summed E-state index contributed by atoms with van der Waals surface area (Å²) in [5.41, 5.74) is 2.02. The highest BCUT2D eigenvalue weighted by Gasteiger charge is 2.14. The van der Waals surface area contributed by atoms with Crippen LogP contribution in [-0.2, 0) is 11.2 Å². The molecular formula is C18H16FN5OS3. The number of amides is 1.